The summed E-state index contributed by atoms with van der Waals surface area (Å²) in [6.07, 6.45) is 3.01. The number of sulfonamides is 1. The number of amides is 1. The second-order valence-corrected chi connectivity index (χ2v) is 8.73. The Labute approximate surface area is 170 Å². The zero-order chi connectivity index (χ0) is 20.9. The van der Waals surface area contributed by atoms with E-state index in [0.29, 0.717) is 12.1 Å². The van der Waals surface area contributed by atoms with Gasteiger partial charge < -0.3 is 10.2 Å². The van der Waals surface area contributed by atoms with Crippen molar-refractivity contribution in [3.8, 4) is 6.07 Å². The molecule has 0 spiro atoms. The zero-order valence-corrected chi connectivity index (χ0v) is 16.9. The molecular formula is C20H23N5O3S. The van der Waals surface area contributed by atoms with Crippen molar-refractivity contribution in [2.45, 2.75) is 24.3 Å². The molecule has 152 valence electrons. The van der Waals surface area contributed by atoms with Gasteiger partial charge in [0, 0.05) is 31.7 Å². The van der Waals surface area contributed by atoms with Crippen LogP contribution in [0.1, 0.15) is 24.0 Å². The predicted octanol–water partition coefficient (Wildman–Crippen LogP) is 1.39. The lowest BCUT2D eigenvalue weighted by atomic mass is 9.95. The van der Waals surface area contributed by atoms with Crippen LogP contribution in [-0.2, 0) is 21.4 Å². The highest BCUT2D eigenvalue weighted by Crippen LogP contribution is 2.22. The first kappa shape index (κ1) is 20.8. The van der Waals surface area contributed by atoms with Crippen molar-refractivity contribution in [3.63, 3.8) is 0 Å². The fourth-order valence-electron chi connectivity index (χ4n) is 3.25. The molecule has 3 rings (SSSR count). The Kier molecular flexibility index (Phi) is 6.46. The molecule has 0 unspecified atom stereocenters. The maximum atomic E-state index is 12.5. The molecule has 2 aromatic rings. The van der Waals surface area contributed by atoms with Gasteiger partial charge in [0.05, 0.1) is 10.5 Å². The first-order chi connectivity index (χ1) is 13.9. The highest BCUT2D eigenvalue weighted by atomic mass is 32.2. The summed E-state index contributed by atoms with van der Waals surface area (Å²) in [4.78, 5) is 19.1. The third-order valence-corrected chi connectivity index (χ3v) is 6.47. The van der Waals surface area contributed by atoms with E-state index in [0.717, 1.165) is 37.3 Å². The molecular weight excluding hydrogens is 390 g/mol. The van der Waals surface area contributed by atoms with Crippen molar-refractivity contribution in [2.24, 2.45) is 5.92 Å². The molecule has 1 fully saturated rings. The smallest absolute Gasteiger partial charge is 0.240 e. The second-order valence-electron chi connectivity index (χ2n) is 6.85. The van der Waals surface area contributed by atoms with Gasteiger partial charge in [-0.1, -0.05) is 12.1 Å². The molecule has 2 N–H and O–H groups in total. The zero-order valence-electron chi connectivity index (χ0n) is 16.1. The summed E-state index contributed by atoms with van der Waals surface area (Å²) in [6.45, 7) is 1.82. The number of benzene rings is 1. The molecule has 1 aromatic carbocycles. The third-order valence-electron chi connectivity index (χ3n) is 5.04. The summed E-state index contributed by atoms with van der Waals surface area (Å²) >= 11 is 0. The number of carbonyl (C=O) groups excluding carboxylic acids is 1. The highest BCUT2D eigenvalue weighted by Gasteiger charge is 2.25. The van der Waals surface area contributed by atoms with Gasteiger partial charge >= 0.3 is 0 Å². The van der Waals surface area contributed by atoms with Crippen LogP contribution in [0.15, 0.2) is 47.5 Å². The van der Waals surface area contributed by atoms with E-state index < -0.39 is 10.0 Å². The molecule has 8 nitrogen and oxygen atoms in total. The second kappa shape index (κ2) is 9.03. The van der Waals surface area contributed by atoms with Crippen molar-refractivity contribution in [1.29, 1.82) is 5.26 Å². The summed E-state index contributed by atoms with van der Waals surface area (Å²) in [5, 5.41) is 11.8. The lowest BCUT2D eigenvalue weighted by Crippen LogP contribution is -2.40. The summed E-state index contributed by atoms with van der Waals surface area (Å²) < 4.78 is 25.8. The summed E-state index contributed by atoms with van der Waals surface area (Å²) in [5.74, 6) is 0.761. The van der Waals surface area contributed by atoms with Gasteiger partial charge in [0.25, 0.3) is 0 Å². The fourth-order valence-corrected chi connectivity index (χ4v) is 3.98. The van der Waals surface area contributed by atoms with Crippen molar-refractivity contribution < 1.29 is 13.2 Å². The van der Waals surface area contributed by atoms with Crippen LogP contribution in [-0.4, -0.2) is 39.4 Å². The van der Waals surface area contributed by atoms with Gasteiger partial charge in [-0.2, -0.15) is 5.26 Å². The number of nitrogens with zero attached hydrogens (tertiary/aromatic N) is 3. The Morgan fingerprint density at radius 3 is 2.45 bits per heavy atom. The predicted molar refractivity (Wildman–Crippen MR) is 108 cm³/mol. The monoisotopic (exact) mass is 413 g/mol. The van der Waals surface area contributed by atoms with E-state index in [2.05, 4.69) is 26.0 Å². The molecule has 0 radical (unpaired) electrons. The van der Waals surface area contributed by atoms with Gasteiger partial charge in [0.15, 0.2) is 0 Å². The lowest BCUT2D eigenvalue weighted by molar-refractivity contribution is -0.125. The standard InChI is InChI=1S/C20H23N5O3S/c1-22-29(27,28)18-5-2-15(3-6-18)13-24-20(26)17-8-10-25(11-9-17)19-7-4-16(12-21)14-23-19/h2-7,14,17,22H,8-11,13H2,1H3,(H,24,26). The van der Waals surface area contributed by atoms with Gasteiger partial charge in [0.1, 0.15) is 11.9 Å². The van der Waals surface area contributed by atoms with Crippen LogP contribution >= 0.6 is 0 Å². The molecule has 1 saturated heterocycles. The number of rotatable bonds is 6. The highest BCUT2D eigenvalue weighted by molar-refractivity contribution is 7.89. The third kappa shape index (κ3) is 5.10. The Bertz CT molecular complexity index is 990. The Hall–Kier alpha value is -2.96. The molecule has 9 heteroatoms. The minimum atomic E-state index is -3.46. The molecule has 2 heterocycles. The van der Waals surface area contributed by atoms with Crippen LogP contribution in [0.25, 0.3) is 0 Å². The van der Waals surface area contributed by atoms with Crippen LogP contribution in [0.2, 0.25) is 0 Å². The van der Waals surface area contributed by atoms with Crippen LogP contribution in [0.5, 0.6) is 0 Å². The molecule has 0 bridgehead atoms. The van der Waals surface area contributed by atoms with E-state index in [1.165, 1.54) is 19.2 Å². The number of nitrogens with one attached hydrogen (secondary N) is 2. The number of carbonyl (C=O) groups is 1. The molecule has 1 aromatic heterocycles. The van der Waals surface area contributed by atoms with E-state index in [1.807, 2.05) is 6.07 Å². The number of pyridine rings is 1. The number of nitriles is 1. The average Bonchev–Trinajstić information content (AvgIpc) is 2.78. The minimum Gasteiger partial charge on any atom is -0.357 e. The molecule has 29 heavy (non-hydrogen) atoms. The maximum Gasteiger partial charge on any atom is 0.240 e. The number of hydrogen-bond acceptors (Lipinski definition) is 6. The SMILES string of the molecule is CNS(=O)(=O)c1ccc(CNC(=O)C2CCN(c3ccc(C#N)cn3)CC2)cc1. The number of piperidine rings is 1. The topological polar surface area (TPSA) is 115 Å². The van der Waals surface area contributed by atoms with Gasteiger partial charge in [-0.15, -0.1) is 0 Å². The Morgan fingerprint density at radius 2 is 1.90 bits per heavy atom. The Morgan fingerprint density at radius 1 is 1.21 bits per heavy atom. The number of hydrogen-bond donors (Lipinski definition) is 2. The van der Waals surface area contributed by atoms with Crippen LogP contribution in [0.3, 0.4) is 0 Å². The molecule has 0 saturated carbocycles. The molecule has 1 aliphatic heterocycles. The van der Waals surface area contributed by atoms with Gasteiger partial charge in [0.2, 0.25) is 15.9 Å². The quantitative estimate of drug-likeness (QED) is 0.740. The molecule has 0 aliphatic carbocycles. The minimum absolute atomic E-state index is 0.00404. The molecule has 1 aliphatic rings. The number of aromatic nitrogens is 1. The molecule has 1 amide bonds. The largest absolute Gasteiger partial charge is 0.357 e. The first-order valence-electron chi connectivity index (χ1n) is 9.34. The Balaban J connectivity index is 1.49. The number of anilines is 1. The van der Waals surface area contributed by atoms with E-state index in [-0.39, 0.29) is 16.7 Å². The summed E-state index contributed by atoms with van der Waals surface area (Å²) in [6, 6.07) is 12.1. The van der Waals surface area contributed by atoms with Crippen molar-refractivity contribution in [3.05, 3.63) is 53.7 Å². The van der Waals surface area contributed by atoms with E-state index in [4.69, 9.17) is 5.26 Å². The van der Waals surface area contributed by atoms with Crippen LogP contribution < -0.4 is 14.9 Å². The first-order valence-corrected chi connectivity index (χ1v) is 10.8. The van der Waals surface area contributed by atoms with E-state index >= 15 is 0 Å². The van der Waals surface area contributed by atoms with E-state index in [1.54, 1.807) is 24.4 Å². The van der Waals surface area contributed by atoms with Crippen LogP contribution in [0, 0.1) is 17.2 Å². The molecule has 0 atom stereocenters. The summed E-state index contributed by atoms with van der Waals surface area (Å²) in [7, 11) is -2.09. The van der Waals surface area contributed by atoms with Gasteiger partial charge in [-0.05, 0) is 49.7 Å². The van der Waals surface area contributed by atoms with E-state index in [9.17, 15) is 13.2 Å². The maximum absolute atomic E-state index is 12.5. The van der Waals surface area contributed by atoms with Crippen molar-refractivity contribution in [2.75, 3.05) is 25.0 Å². The van der Waals surface area contributed by atoms with Gasteiger partial charge in [-0.3, -0.25) is 4.79 Å². The fraction of sp³-hybridized carbons (Fsp3) is 0.350. The lowest BCUT2D eigenvalue weighted by Gasteiger charge is -2.32. The normalized spacial score (nSPS) is 15.0. The average molecular weight is 414 g/mol. The van der Waals surface area contributed by atoms with Crippen molar-refractivity contribution in [1.82, 2.24) is 15.0 Å². The van der Waals surface area contributed by atoms with Crippen LogP contribution in [0.4, 0.5) is 5.82 Å². The summed E-state index contributed by atoms with van der Waals surface area (Å²) in [5.41, 5.74) is 1.37. The van der Waals surface area contributed by atoms with Gasteiger partial charge in [-0.25, -0.2) is 18.1 Å². The van der Waals surface area contributed by atoms with Crippen molar-refractivity contribution >= 4 is 21.7 Å².